The highest BCUT2D eigenvalue weighted by Crippen LogP contribution is 2.27. The summed E-state index contributed by atoms with van der Waals surface area (Å²) < 4.78 is 8.55. The average Bonchev–Trinajstić information content (AvgIpc) is 3.05. The van der Waals surface area contributed by atoms with Gasteiger partial charge in [0.2, 0.25) is 0 Å². The van der Waals surface area contributed by atoms with Gasteiger partial charge < -0.3 is 14.6 Å². The van der Waals surface area contributed by atoms with Gasteiger partial charge in [0.15, 0.2) is 0 Å². The van der Waals surface area contributed by atoms with Crippen LogP contribution in [-0.2, 0) is 7.05 Å². The number of benzene rings is 1. The molecule has 0 saturated heterocycles. The third-order valence-corrected chi connectivity index (χ3v) is 4.18. The average molecular weight is 300 g/mol. The zero-order valence-corrected chi connectivity index (χ0v) is 12.7. The molecule has 21 heavy (non-hydrogen) atoms. The van der Waals surface area contributed by atoms with Crippen LogP contribution in [-0.4, -0.2) is 17.1 Å². The second-order valence-corrected chi connectivity index (χ2v) is 5.59. The van der Waals surface area contributed by atoms with E-state index in [1.54, 1.807) is 11.3 Å². The topological polar surface area (TPSA) is 43.3 Å². The number of para-hydroxylation sites is 2. The van der Waals surface area contributed by atoms with Crippen molar-refractivity contribution in [1.29, 1.82) is 0 Å². The Balaban J connectivity index is 1.89. The van der Waals surface area contributed by atoms with E-state index in [-0.39, 0.29) is 5.91 Å². The summed E-state index contributed by atoms with van der Waals surface area (Å²) in [5.74, 6) is 0.553. The maximum atomic E-state index is 12.5. The Morgan fingerprint density at radius 2 is 2.14 bits per heavy atom. The second-order valence-electron chi connectivity index (χ2n) is 4.64. The van der Waals surface area contributed by atoms with Crippen LogP contribution in [0.15, 0.2) is 41.8 Å². The SMILES string of the molecule is CCOc1ccccc1NC(=O)c1cc2sccc2n1C. The van der Waals surface area contributed by atoms with Gasteiger partial charge in [0.05, 0.1) is 22.5 Å². The van der Waals surface area contributed by atoms with Crippen molar-refractivity contribution in [2.75, 3.05) is 11.9 Å². The highest BCUT2D eigenvalue weighted by atomic mass is 32.1. The van der Waals surface area contributed by atoms with Gasteiger partial charge in [0.25, 0.3) is 5.91 Å². The molecule has 1 amide bonds. The number of anilines is 1. The third kappa shape index (κ3) is 2.52. The van der Waals surface area contributed by atoms with Crippen molar-refractivity contribution in [3.8, 4) is 5.75 Å². The molecule has 0 aliphatic rings. The minimum absolute atomic E-state index is 0.131. The number of amides is 1. The number of fused-ring (bicyclic) bond motifs is 1. The van der Waals surface area contributed by atoms with E-state index in [1.165, 1.54) is 0 Å². The number of hydrogen-bond acceptors (Lipinski definition) is 3. The molecule has 0 unspecified atom stereocenters. The van der Waals surface area contributed by atoms with Gasteiger partial charge in [-0.1, -0.05) is 12.1 Å². The van der Waals surface area contributed by atoms with E-state index < -0.39 is 0 Å². The van der Waals surface area contributed by atoms with Crippen LogP contribution in [0, 0.1) is 0 Å². The second kappa shape index (κ2) is 5.61. The first-order valence-electron chi connectivity index (χ1n) is 6.76. The van der Waals surface area contributed by atoms with Gasteiger partial charge in [-0.3, -0.25) is 4.79 Å². The van der Waals surface area contributed by atoms with Crippen molar-refractivity contribution in [2.24, 2.45) is 7.05 Å². The monoisotopic (exact) mass is 300 g/mol. The molecule has 0 atom stereocenters. The summed E-state index contributed by atoms with van der Waals surface area (Å²) in [6.45, 7) is 2.48. The van der Waals surface area contributed by atoms with E-state index in [2.05, 4.69) is 5.32 Å². The molecule has 0 aliphatic heterocycles. The Hall–Kier alpha value is -2.27. The quantitative estimate of drug-likeness (QED) is 0.794. The standard InChI is InChI=1S/C16H16N2O2S/c1-3-20-14-7-5-4-6-11(14)17-16(19)13-10-15-12(18(13)2)8-9-21-15/h4-10H,3H2,1-2H3,(H,17,19). The minimum atomic E-state index is -0.131. The molecule has 0 saturated carbocycles. The number of nitrogens with zero attached hydrogens (tertiary/aromatic N) is 1. The number of thiophene rings is 1. The molecule has 0 fully saturated rings. The maximum Gasteiger partial charge on any atom is 0.272 e. The molecular weight excluding hydrogens is 284 g/mol. The van der Waals surface area contributed by atoms with E-state index in [1.807, 2.05) is 60.3 Å². The summed E-state index contributed by atoms with van der Waals surface area (Å²) in [6, 6.07) is 11.4. The number of rotatable bonds is 4. The van der Waals surface area contributed by atoms with Gasteiger partial charge in [0.1, 0.15) is 11.4 Å². The van der Waals surface area contributed by atoms with Gasteiger partial charge in [-0.2, -0.15) is 0 Å². The van der Waals surface area contributed by atoms with Crippen LogP contribution in [0.25, 0.3) is 10.2 Å². The van der Waals surface area contributed by atoms with Gasteiger partial charge in [0, 0.05) is 7.05 Å². The molecule has 2 aromatic heterocycles. The molecule has 1 N–H and O–H groups in total. The van der Waals surface area contributed by atoms with Crippen molar-refractivity contribution < 1.29 is 9.53 Å². The maximum absolute atomic E-state index is 12.5. The van der Waals surface area contributed by atoms with Crippen molar-refractivity contribution >= 4 is 33.1 Å². The van der Waals surface area contributed by atoms with E-state index >= 15 is 0 Å². The van der Waals surface area contributed by atoms with Crippen molar-refractivity contribution in [1.82, 2.24) is 4.57 Å². The Labute approximate surface area is 127 Å². The lowest BCUT2D eigenvalue weighted by Crippen LogP contribution is -2.16. The minimum Gasteiger partial charge on any atom is -0.492 e. The number of aromatic nitrogens is 1. The fraction of sp³-hybridized carbons (Fsp3) is 0.188. The molecule has 0 radical (unpaired) electrons. The molecule has 5 heteroatoms. The van der Waals surface area contributed by atoms with Crippen LogP contribution in [0.3, 0.4) is 0 Å². The van der Waals surface area contributed by atoms with Gasteiger partial charge >= 0.3 is 0 Å². The van der Waals surface area contributed by atoms with Crippen molar-refractivity contribution in [2.45, 2.75) is 6.92 Å². The number of nitrogens with one attached hydrogen (secondary N) is 1. The van der Waals surface area contributed by atoms with Crippen LogP contribution in [0.4, 0.5) is 5.69 Å². The Morgan fingerprint density at radius 1 is 1.33 bits per heavy atom. The highest BCUT2D eigenvalue weighted by molar-refractivity contribution is 7.17. The van der Waals surface area contributed by atoms with Crippen molar-refractivity contribution in [3.63, 3.8) is 0 Å². The lowest BCUT2D eigenvalue weighted by Gasteiger charge is -2.11. The smallest absolute Gasteiger partial charge is 0.272 e. The highest BCUT2D eigenvalue weighted by Gasteiger charge is 2.15. The molecule has 0 bridgehead atoms. The van der Waals surface area contributed by atoms with Crippen LogP contribution >= 0.6 is 11.3 Å². The number of ether oxygens (including phenoxy) is 1. The molecule has 0 aliphatic carbocycles. The first kappa shape index (κ1) is 13.7. The molecule has 2 heterocycles. The summed E-state index contributed by atoms with van der Waals surface area (Å²) in [4.78, 5) is 12.5. The molecular formula is C16H16N2O2S. The van der Waals surface area contributed by atoms with Crippen LogP contribution in [0.2, 0.25) is 0 Å². The van der Waals surface area contributed by atoms with E-state index in [0.717, 1.165) is 10.2 Å². The molecule has 0 spiro atoms. The first-order valence-corrected chi connectivity index (χ1v) is 7.64. The molecule has 108 valence electrons. The predicted molar refractivity (Wildman–Crippen MR) is 86.4 cm³/mol. The zero-order valence-electron chi connectivity index (χ0n) is 11.9. The lowest BCUT2D eigenvalue weighted by atomic mass is 10.2. The predicted octanol–water partition coefficient (Wildman–Crippen LogP) is 3.89. The molecule has 3 rings (SSSR count). The van der Waals surface area contributed by atoms with Gasteiger partial charge in [-0.25, -0.2) is 0 Å². The Bertz CT molecular complexity index is 789. The van der Waals surface area contributed by atoms with Crippen LogP contribution < -0.4 is 10.1 Å². The fourth-order valence-corrected chi connectivity index (χ4v) is 3.15. The number of hydrogen-bond donors (Lipinski definition) is 1. The van der Waals surface area contributed by atoms with E-state index in [9.17, 15) is 4.79 Å². The fourth-order valence-electron chi connectivity index (χ4n) is 2.31. The van der Waals surface area contributed by atoms with Crippen LogP contribution in [0.5, 0.6) is 5.75 Å². The van der Waals surface area contributed by atoms with Crippen LogP contribution in [0.1, 0.15) is 17.4 Å². The summed E-state index contributed by atoms with van der Waals surface area (Å²) in [5, 5.41) is 4.95. The molecule has 4 nitrogen and oxygen atoms in total. The molecule has 1 aromatic carbocycles. The van der Waals surface area contributed by atoms with Gasteiger partial charge in [-0.15, -0.1) is 11.3 Å². The lowest BCUT2D eigenvalue weighted by molar-refractivity contribution is 0.101. The Kier molecular flexibility index (Phi) is 3.66. The summed E-state index contributed by atoms with van der Waals surface area (Å²) in [5.41, 5.74) is 2.40. The largest absolute Gasteiger partial charge is 0.492 e. The number of carbonyl (C=O) groups excluding carboxylic acids is 1. The molecule has 3 aromatic rings. The number of aryl methyl sites for hydroxylation is 1. The summed E-state index contributed by atoms with van der Waals surface area (Å²) in [6.07, 6.45) is 0. The van der Waals surface area contributed by atoms with Crippen molar-refractivity contribution in [3.05, 3.63) is 47.5 Å². The van der Waals surface area contributed by atoms with E-state index in [0.29, 0.717) is 23.7 Å². The first-order chi connectivity index (χ1) is 10.2. The summed E-state index contributed by atoms with van der Waals surface area (Å²) in [7, 11) is 1.90. The van der Waals surface area contributed by atoms with E-state index in [4.69, 9.17) is 4.74 Å². The number of carbonyl (C=O) groups is 1. The Morgan fingerprint density at radius 3 is 2.90 bits per heavy atom. The summed E-state index contributed by atoms with van der Waals surface area (Å²) >= 11 is 1.63. The van der Waals surface area contributed by atoms with Gasteiger partial charge in [-0.05, 0) is 36.6 Å². The third-order valence-electron chi connectivity index (χ3n) is 3.33. The normalized spacial score (nSPS) is 10.8. The zero-order chi connectivity index (χ0) is 14.8.